The topological polar surface area (TPSA) is 48.1 Å². The van der Waals surface area contributed by atoms with Crippen molar-refractivity contribution in [2.45, 2.75) is 32.4 Å². The summed E-state index contributed by atoms with van der Waals surface area (Å²) >= 11 is 1.47. The molecule has 1 aromatic heterocycles. The van der Waals surface area contributed by atoms with Crippen molar-refractivity contribution >= 4 is 11.3 Å². The van der Waals surface area contributed by atoms with Crippen LogP contribution in [0.2, 0.25) is 0 Å². The van der Waals surface area contributed by atoms with E-state index in [1.165, 1.54) is 17.4 Å². The monoisotopic (exact) mass is 298 g/mol. The fourth-order valence-corrected chi connectivity index (χ4v) is 2.63. The van der Waals surface area contributed by atoms with E-state index in [0.29, 0.717) is 0 Å². The van der Waals surface area contributed by atoms with Crippen LogP contribution >= 0.6 is 11.3 Å². The molecular weight excluding hydrogens is 282 g/mol. The van der Waals surface area contributed by atoms with E-state index in [-0.39, 0.29) is 5.75 Å². The van der Waals surface area contributed by atoms with Crippen molar-refractivity contribution in [2.75, 3.05) is 0 Å². The minimum absolute atomic E-state index is 0.123. The highest BCUT2D eigenvalue weighted by atomic mass is 32.1. The molecule has 2 aromatic rings. The summed E-state index contributed by atoms with van der Waals surface area (Å²) in [5, 5.41) is 2.70. The van der Waals surface area contributed by atoms with Crippen molar-refractivity contribution in [3.05, 3.63) is 34.7 Å². The fourth-order valence-electron chi connectivity index (χ4n) is 1.65. The number of thiazole rings is 1. The van der Waals surface area contributed by atoms with Crippen LogP contribution in [0.1, 0.15) is 25.3 Å². The Bertz CT molecular complexity index is 584. The molecule has 6 heteroatoms. The van der Waals surface area contributed by atoms with Gasteiger partial charge in [-0.05, 0) is 25.5 Å². The number of nitrogens with two attached hydrogens (primary N) is 1. The third kappa shape index (κ3) is 3.32. The number of aromatic nitrogens is 1. The summed E-state index contributed by atoms with van der Waals surface area (Å²) < 4.78 is 28.8. The van der Waals surface area contributed by atoms with Crippen molar-refractivity contribution in [3.63, 3.8) is 0 Å². The Morgan fingerprint density at radius 3 is 2.85 bits per heavy atom. The lowest BCUT2D eigenvalue weighted by Crippen LogP contribution is -2.31. The van der Waals surface area contributed by atoms with Crippen molar-refractivity contribution in [1.82, 2.24) is 4.98 Å². The SMILES string of the molecule is CCC(C)(N)c1nc(-c2cccc(OC(F)F)c2)cs1. The van der Waals surface area contributed by atoms with Crippen LogP contribution < -0.4 is 10.5 Å². The van der Waals surface area contributed by atoms with Gasteiger partial charge in [0.25, 0.3) is 0 Å². The normalized spacial score (nSPS) is 14.3. The van der Waals surface area contributed by atoms with Crippen LogP contribution in [-0.4, -0.2) is 11.6 Å². The predicted octanol–water partition coefficient (Wildman–Crippen LogP) is 4.00. The maximum Gasteiger partial charge on any atom is 0.387 e. The molecule has 0 aliphatic heterocycles. The van der Waals surface area contributed by atoms with E-state index >= 15 is 0 Å². The number of rotatable bonds is 5. The summed E-state index contributed by atoms with van der Waals surface area (Å²) in [6.07, 6.45) is 0.772. The Labute approximate surface area is 120 Å². The second-order valence-electron chi connectivity index (χ2n) is 4.72. The number of ether oxygens (including phenoxy) is 1. The number of nitrogens with zero attached hydrogens (tertiary/aromatic N) is 1. The van der Waals surface area contributed by atoms with E-state index in [4.69, 9.17) is 5.73 Å². The van der Waals surface area contributed by atoms with Crippen molar-refractivity contribution in [3.8, 4) is 17.0 Å². The molecule has 0 saturated heterocycles. The third-order valence-electron chi connectivity index (χ3n) is 3.08. The van der Waals surface area contributed by atoms with Gasteiger partial charge in [-0.2, -0.15) is 8.78 Å². The maximum atomic E-state index is 12.2. The van der Waals surface area contributed by atoms with Crippen LogP contribution in [0.4, 0.5) is 8.78 Å². The summed E-state index contributed by atoms with van der Waals surface area (Å²) in [7, 11) is 0. The zero-order chi connectivity index (χ0) is 14.8. The zero-order valence-corrected chi connectivity index (χ0v) is 12.1. The average Bonchev–Trinajstić information content (AvgIpc) is 2.88. The highest BCUT2D eigenvalue weighted by Crippen LogP contribution is 2.30. The van der Waals surface area contributed by atoms with Crippen LogP contribution in [-0.2, 0) is 5.54 Å². The predicted molar refractivity (Wildman–Crippen MR) is 76.0 cm³/mol. The van der Waals surface area contributed by atoms with Gasteiger partial charge in [0.15, 0.2) is 0 Å². The van der Waals surface area contributed by atoms with Crippen molar-refractivity contribution < 1.29 is 13.5 Å². The first kappa shape index (κ1) is 14.9. The Morgan fingerprint density at radius 2 is 2.20 bits per heavy atom. The van der Waals surface area contributed by atoms with Crippen LogP contribution in [0, 0.1) is 0 Å². The molecule has 0 aliphatic rings. The molecule has 0 fully saturated rings. The number of hydrogen-bond acceptors (Lipinski definition) is 4. The van der Waals surface area contributed by atoms with Crippen molar-refractivity contribution in [2.24, 2.45) is 5.73 Å². The largest absolute Gasteiger partial charge is 0.435 e. The second kappa shape index (κ2) is 5.85. The van der Waals surface area contributed by atoms with E-state index in [2.05, 4.69) is 9.72 Å². The summed E-state index contributed by atoms with van der Waals surface area (Å²) in [6, 6.07) is 6.50. The Hall–Kier alpha value is -1.53. The third-order valence-corrected chi connectivity index (χ3v) is 4.20. The Balaban J connectivity index is 2.28. The lowest BCUT2D eigenvalue weighted by atomic mass is 10.0. The molecule has 3 nitrogen and oxygen atoms in total. The molecule has 0 spiro atoms. The molecule has 0 radical (unpaired) electrons. The van der Waals surface area contributed by atoms with E-state index in [0.717, 1.165) is 22.7 Å². The van der Waals surface area contributed by atoms with Gasteiger partial charge >= 0.3 is 6.61 Å². The zero-order valence-electron chi connectivity index (χ0n) is 11.3. The van der Waals surface area contributed by atoms with E-state index in [9.17, 15) is 8.78 Å². The molecule has 108 valence electrons. The molecule has 0 amide bonds. The lowest BCUT2D eigenvalue weighted by molar-refractivity contribution is -0.0498. The molecule has 0 saturated carbocycles. The molecule has 2 N–H and O–H groups in total. The summed E-state index contributed by atoms with van der Waals surface area (Å²) in [6.45, 7) is 1.09. The molecule has 1 atom stereocenters. The minimum Gasteiger partial charge on any atom is -0.435 e. The Morgan fingerprint density at radius 1 is 1.45 bits per heavy atom. The fraction of sp³-hybridized carbons (Fsp3) is 0.357. The molecule has 0 aliphatic carbocycles. The Kier molecular flexibility index (Phi) is 4.35. The summed E-state index contributed by atoms with van der Waals surface area (Å²) in [5.74, 6) is 0.123. The molecule has 1 aromatic carbocycles. The van der Waals surface area contributed by atoms with E-state index in [1.54, 1.807) is 18.2 Å². The lowest BCUT2D eigenvalue weighted by Gasteiger charge is -2.18. The molecule has 2 rings (SSSR count). The van der Waals surface area contributed by atoms with Gasteiger partial charge in [-0.15, -0.1) is 11.3 Å². The standard InChI is InChI=1S/C14H16F2N2OS/c1-3-14(2,17)12-18-11(8-20-12)9-5-4-6-10(7-9)19-13(15)16/h4-8,13H,3,17H2,1-2H3. The molecular formula is C14H16F2N2OS. The number of hydrogen-bond donors (Lipinski definition) is 1. The van der Waals surface area contributed by atoms with Crippen LogP contribution in [0.5, 0.6) is 5.75 Å². The van der Waals surface area contributed by atoms with Gasteiger partial charge in [0.1, 0.15) is 10.8 Å². The van der Waals surface area contributed by atoms with Gasteiger partial charge in [0.05, 0.1) is 11.2 Å². The first-order chi connectivity index (χ1) is 9.42. The van der Waals surface area contributed by atoms with Crippen LogP contribution in [0.15, 0.2) is 29.6 Å². The van der Waals surface area contributed by atoms with Crippen LogP contribution in [0.3, 0.4) is 0 Å². The van der Waals surface area contributed by atoms with E-state index < -0.39 is 12.2 Å². The number of halogens is 2. The van der Waals surface area contributed by atoms with Gasteiger partial charge in [-0.3, -0.25) is 0 Å². The summed E-state index contributed by atoms with van der Waals surface area (Å²) in [4.78, 5) is 4.49. The first-order valence-electron chi connectivity index (χ1n) is 6.22. The van der Waals surface area contributed by atoms with Gasteiger partial charge in [0, 0.05) is 10.9 Å². The smallest absolute Gasteiger partial charge is 0.387 e. The molecule has 20 heavy (non-hydrogen) atoms. The average molecular weight is 298 g/mol. The summed E-state index contributed by atoms with van der Waals surface area (Å²) in [5.41, 5.74) is 7.13. The number of benzene rings is 1. The highest BCUT2D eigenvalue weighted by Gasteiger charge is 2.22. The molecule has 1 unspecified atom stereocenters. The van der Waals surface area contributed by atoms with E-state index in [1.807, 2.05) is 19.2 Å². The highest BCUT2D eigenvalue weighted by molar-refractivity contribution is 7.10. The molecule has 1 heterocycles. The van der Waals surface area contributed by atoms with Gasteiger partial charge in [0.2, 0.25) is 0 Å². The van der Waals surface area contributed by atoms with Crippen molar-refractivity contribution in [1.29, 1.82) is 0 Å². The van der Waals surface area contributed by atoms with Gasteiger partial charge < -0.3 is 10.5 Å². The molecule has 0 bridgehead atoms. The first-order valence-corrected chi connectivity index (χ1v) is 7.10. The number of alkyl halides is 2. The quantitative estimate of drug-likeness (QED) is 0.907. The second-order valence-corrected chi connectivity index (χ2v) is 5.57. The minimum atomic E-state index is -2.83. The van der Waals surface area contributed by atoms with Crippen LogP contribution in [0.25, 0.3) is 11.3 Å². The van der Waals surface area contributed by atoms with Gasteiger partial charge in [-0.25, -0.2) is 4.98 Å². The van der Waals surface area contributed by atoms with Gasteiger partial charge in [-0.1, -0.05) is 19.1 Å². The maximum absolute atomic E-state index is 12.2.